The van der Waals surface area contributed by atoms with Crippen molar-refractivity contribution in [1.29, 1.82) is 0 Å². The minimum Gasteiger partial charge on any atom is -0.379 e. The van der Waals surface area contributed by atoms with Gasteiger partial charge in [-0.05, 0) is 24.5 Å². The molecule has 5 nitrogen and oxygen atoms in total. The van der Waals surface area contributed by atoms with Crippen LogP contribution in [0.5, 0.6) is 0 Å². The van der Waals surface area contributed by atoms with Crippen molar-refractivity contribution in [3.63, 3.8) is 0 Å². The smallest absolute Gasteiger partial charge is 0.379 e. The second-order valence-electron chi connectivity index (χ2n) is 6.91. The number of carbonyl (C=O) groups excluding carboxylic acids is 1. The summed E-state index contributed by atoms with van der Waals surface area (Å²) in [5.74, 6) is 0.486. The first-order chi connectivity index (χ1) is 12.8. The van der Waals surface area contributed by atoms with E-state index >= 15 is 0 Å². The maximum Gasteiger partial charge on any atom is 0.417 e. The van der Waals surface area contributed by atoms with Crippen LogP contribution in [0.2, 0.25) is 0 Å². The van der Waals surface area contributed by atoms with Crippen LogP contribution in [0, 0.1) is 5.92 Å². The summed E-state index contributed by atoms with van der Waals surface area (Å²) in [6.45, 7) is 7.99. The fourth-order valence-electron chi connectivity index (χ4n) is 2.90. The minimum absolute atomic E-state index is 0.121. The lowest BCUT2D eigenvalue weighted by Crippen LogP contribution is -2.49. The van der Waals surface area contributed by atoms with E-state index in [1.165, 1.54) is 6.07 Å². The fraction of sp³-hybridized carbons (Fsp3) is 0.667. The van der Waals surface area contributed by atoms with Gasteiger partial charge in [-0.15, -0.1) is 0 Å². The number of halogens is 3. The number of thioether (sulfide) groups is 1. The van der Waals surface area contributed by atoms with Gasteiger partial charge < -0.3 is 10.1 Å². The highest BCUT2D eigenvalue weighted by molar-refractivity contribution is 7.99. The number of hydrogen-bond donors (Lipinski definition) is 1. The summed E-state index contributed by atoms with van der Waals surface area (Å²) in [7, 11) is 0. The Bertz CT molecular complexity index is 591. The van der Waals surface area contributed by atoms with Gasteiger partial charge in [0.2, 0.25) is 5.91 Å². The zero-order valence-electron chi connectivity index (χ0n) is 15.6. The Balaban J connectivity index is 1.79. The van der Waals surface area contributed by atoms with E-state index in [4.69, 9.17) is 4.74 Å². The van der Waals surface area contributed by atoms with Crippen LogP contribution in [-0.2, 0) is 15.7 Å². The molecule has 0 bridgehead atoms. The van der Waals surface area contributed by atoms with Crippen LogP contribution in [0.3, 0.4) is 0 Å². The number of rotatable bonds is 8. The van der Waals surface area contributed by atoms with Crippen molar-refractivity contribution in [1.82, 2.24) is 15.2 Å². The summed E-state index contributed by atoms with van der Waals surface area (Å²) in [4.78, 5) is 18.2. The van der Waals surface area contributed by atoms with Crippen LogP contribution in [-0.4, -0.2) is 60.4 Å². The van der Waals surface area contributed by atoms with Crippen molar-refractivity contribution in [2.45, 2.75) is 37.5 Å². The molecule has 0 aromatic carbocycles. The lowest BCUT2D eigenvalue weighted by molar-refractivity contribution is -0.137. The molecule has 1 amide bonds. The Kier molecular flexibility index (Phi) is 8.37. The highest BCUT2D eigenvalue weighted by Crippen LogP contribution is 2.29. The van der Waals surface area contributed by atoms with Crippen LogP contribution in [0.25, 0.3) is 0 Å². The average Bonchev–Trinajstić information content (AvgIpc) is 2.63. The number of pyridine rings is 1. The number of amides is 1. The molecule has 152 valence electrons. The molecule has 1 N–H and O–H groups in total. The van der Waals surface area contributed by atoms with Gasteiger partial charge >= 0.3 is 6.18 Å². The lowest BCUT2D eigenvalue weighted by Gasteiger charge is -2.35. The zero-order valence-corrected chi connectivity index (χ0v) is 16.4. The minimum atomic E-state index is -4.40. The molecule has 0 aliphatic carbocycles. The quantitative estimate of drug-likeness (QED) is 0.674. The van der Waals surface area contributed by atoms with Gasteiger partial charge in [0.1, 0.15) is 0 Å². The highest BCUT2D eigenvalue weighted by atomic mass is 32.2. The largest absolute Gasteiger partial charge is 0.417 e. The molecule has 1 fully saturated rings. The first-order valence-electron chi connectivity index (χ1n) is 9.00. The molecule has 9 heteroatoms. The number of morpholine rings is 1. The van der Waals surface area contributed by atoms with E-state index in [0.717, 1.165) is 43.5 Å². The van der Waals surface area contributed by atoms with Gasteiger partial charge in [0.15, 0.2) is 0 Å². The summed E-state index contributed by atoms with van der Waals surface area (Å²) in [6.07, 6.45) is -2.64. The van der Waals surface area contributed by atoms with Gasteiger partial charge in [0, 0.05) is 31.9 Å². The van der Waals surface area contributed by atoms with Gasteiger partial charge in [0.05, 0.1) is 29.6 Å². The Morgan fingerprint density at radius 2 is 2.04 bits per heavy atom. The van der Waals surface area contributed by atoms with Gasteiger partial charge in [-0.25, -0.2) is 4.98 Å². The Hall–Kier alpha value is -1.32. The third kappa shape index (κ3) is 7.67. The number of ether oxygens (including phenoxy) is 1. The average molecular weight is 405 g/mol. The predicted molar refractivity (Wildman–Crippen MR) is 98.6 cm³/mol. The predicted octanol–water partition coefficient (Wildman–Crippen LogP) is 3.06. The Morgan fingerprint density at radius 1 is 1.33 bits per heavy atom. The molecular weight excluding hydrogens is 379 g/mol. The van der Waals surface area contributed by atoms with Gasteiger partial charge in [-0.2, -0.15) is 13.2 Å². The van der Waals surface area contributed by atoms with E-state index in [1.54, 1.807) is 0 Å². The van der Waals surface area contributed by atoms with Crippen molar-refractivity contribution in [2.24, 2.45) is 5.92 Å². The first kappa shape index (κ1) is 22.0. The number of nitrogens with zero attached hydrogens (tertiary/aromatic N) is 2. The number of nitrogens with one attached hydrogen (secondary N) is 1. The van der Waals surface area contributed by atoms with Crippen LogP contribution in [0.1, 0.15) is 25.8 Å². The standard InChI is InChI=1S/C18H26F3N3O2S/c1-13(2)9-15(24-5-7-26-8-6-24)11-22-16(25)12-27-17-4-3-14(10-23-17)18(19,20)21/h3-4,10,13,15H,5-9,11-12H2,1-2H3,(H,22,25). The second-order valence-corrected chi connectivity index (χ2v) is 7.90. The van der Waals surface area contributed by atoms with Crippen molar-refractivity contribution in [3.05, 3.63) is 23.9 Å². The second kappa shape index (κ2) is 10.3. The maximum atomic E-state index is 12.5. The SMILES string of the molecule is CC(C)CC(CNC(=O)CSc1ccc(C(F)(F)F)cn1)N1CCOCC1. The van der Waals surface area contributed by atoms with Gasteiger partial charge in [0.25, 0.3) is 0 Å². The maximum absolute atomic E-state index is 12.5. The molecule has 2 heterocycles. The molecule has 0 radical (unpaired) electrons. The van der Waals surface area contributed by atoms with Crippen LogP contribution < -0.4 is 5.32 Å². The van der Waals surface area contributed by atoms with E-state index in [1.807, 2.05) is 0 Å². The first-order valence-corrected chi connectivity index (χ1v) is 9.99. The normalized spacial score (nSPS) is 17.1. The molecular formula is C18H26F3N3O2S. The highest BCUT2D eigenvalue weighted by Gasteiger charge is 2.30. The molecule has 0 saturated carbocycles. The van der Waals surface area contributed by atoms with Gasteiger partial charge in [-0.3, -0.25) is 9.69 Å². The van der Waals surface area contributed by atoms with E-state index in [2.05, 4.69) is 29.0 Å². The van der Waals surface area contributed by atoms with E-state index in [9.17, 15) is 18.0 Å². The number of alkyl halides is 3. The molecule has 1 unspecified atom stereocenters. The molecule has 1 aliphatic rings. The van der Waals surface area contributed by atoms with Gasteiger partial charge in [-0.1, -0.05) is 25.6 Å². The molecule has 1 aromatic rings. The Morgan fingerprint density at radius 3 is 2.59 bits per heavy atom. The molecule has 27 heavy (non-hydrogen) atoms. The summed E-state index contributed by atoms with van der Waals surface area (Å²) in [5.41, 5.74) is -0.793. The van der Waals surface area contributed by atoms with E-state index < -0.39 is 11.7 Å². The molecule has 1 aliphatic heterocycles. The molecule has 1 aromatic heterocycles. The van der Waals surface area contributed by atoms with Crippen molar-refractivity contribution in [3.8, 4) is 0 Å². The third-order valence-corrected chi connectivity index (χ3v) is 5.20. The van der Waals surface area contributed by atoms with Crippen molar-refractivity contribution >= 4 is 17.7 Å². The summed E-state index contributed by atoms with van der Waals surface area (Å²) in [5, 5.41) is 3.33. The molecule has 1 atom stereocenters. The third-order valence-electron chi connectivity index (χ3n) is 4.26. The van der Waals surface area contributed by atoms with E-state index in [0.29, 0.717) is 30.7 Å². The zero-order chi connectivity index (χ0) is 19.9. The van der Waals surface area contributed by atoms with E-state index in [-0.39, 0.29) is 17.7 Å². The van der Waals surface area contributed by atoms with Crippen LogP contribution in [0.4, 0.5) is 13.2 Å². The fourth-order valence-corrected chi connectivity index (χ4v) is 3.58. The number of carbonyl (C=O) groups is 1. The lowest BCUT2D eigenvalue weighted by atomic mass is 10.0. The molecule has 1 saturated heterocycles. The summed E-state index contributed by atoms with van der Waals surface area (Å²) < 4.78 is 43.0. The summed E-state index contributed by atoms with van der Waals surface area (Å²) >= 11 is 1.12. The molecule has 0 spiro atoms. The summed E-state index contributed by atoms with van der Waals surface area (Å²) in [6, 6.07) is 2.52. The monoisotopic (exact) mass is 405 g/mol. The van der Waals surface area contributed by atoms with Crippen molar-refractivity contribution in [2.75, 3.05) is 38.6 Å². The van der Waals surface area contributed by atoms with Crippen molar-refractivity contribution < 1.29 is 22.7 Å². The number of hydrogen-bond acceptors (Lipinski definition) is 5. The Labute approximate surface area is 162 Å². The topological polar surface area (TPSA) is 54.5 Å². The van der Waals surface area contributed by atoms with Crippen LogP contribution >= 0.6 is 11.8 Å². The number of aromatic nitrogens is 1. The molecule has 2 rings (SSSR count). The van der Waals surface area contributed by atoms with Crippen LogP contribution in [0.15, 0.2) is 23.4 Å².